The lowest BCUT2D eigenvalue weighted by Gasteiger charge is -2.11. The van der Waals surface area contributed by atoms with Gasteiger partial charge >= 0.3 is 0 Å². The number of fused-ring (bicyclic) bond motifs is 9. The summed E-state index contributed by atoms with van der Waals surface area (Å²) in [4.78, 5) is 0. The van der Waals surface area contributed by atoms with Crippen molar-refractivity contribution in [2.75, 3.05) is 0 Å². The molecule has 7 aromatic carbocycles. The molecule has 0 atom stereocenters. The standard InChI is InChI=1S/C43H29N3/c1-28-11-10-12-29(25-28)44-42-23-21-30(45-38-17-6-2-13-32(38)33-14-3-7-18-39(33)45)26-36(42)37-27-31(22-24-43(37)44)46-40-19-8-4-15-34(40)35-16-5-9-20-41(35)46/h2-27H,1H3/i1D3,10D,11D,12D,25D. The van der Waals surface area contributed by atoms with Crippen LogP contribution in [0.4, 0.5) is 0 Å². The summed E-state index contributed by atoms with van der Waals surface area (Å²) < 4.78 is 66.1. The lowest BCUT2D eigenvalue weighted by molar-refractivity contribution is 1.15. The summed E-state index contributed by atoms with van der Waals surface area (Å²) in [5.74, 6) is 0. The van der Waals surface area contributed by atoms with Crippen LogP contribution in [0.3, 0.4) is 0 Å². The summed E-state index contributed by atoms with van der Waals surface area (Å²) in [6, 6.07) is 43.4. The maximum Gasteiger partial charge on any atom is 0.0648 e. The second kappa shape index (κ2) is 9.47. The summed E-state index contributed by atoms with van der Waals surface area (Å²) in [5, 5.41) is 6.19. The molecule has 46 heavy (non-hydrogen) atoms. The predicted octanol–water partition coefficient (Wildman–Crippen LogP) is 11.3. The molecule has 3 heterocycles. The molecule has 10 aromatic rings. The second-order valence-corrected chi connectivity index (χ2v) is 11.7. The Morgan fingerprint density at radius 2 is 0.804 bits per heavy atom. The molecule has 0 saturated heterocycles. The van der Waals surface area contributed by atoms with Gasteiger partial charge in [0, 0.05) is 53.5 Å². The van der Waals surface area contributed by atoms with Crippen LogP contribution < -0.4 is 0 Å². The molecule has 0 N–H and O–H groups in total. The van der Waals surface area contributed by atoms with E-state index in [9.17, 15) is 0 Å². The molecule has 0 fully saturated rings. The molecule has 0 aliphatic rings. The van der Waals surface area contributed by atoms with Gasteiger partial charge in [0.1, 0.15) is 0 Å². The highest BCUT2D eigenvalue weighted by atomic mass is 15.0. The highest BCUT2D eigenvalue weighted by Gasteiger charge is 2.18. The highest BCUT2D eigenvalue weighted by Crippen LogP contribution is 2.39. The number of hydrogen-bond donors (Lipinski definition) is 0. The van der Waals surface area contributed by atoms with Crippen molar-refractivity contribution in [1.82, 2.24) is 13.7 Å². The van der Waals surface area contributed by atoms with E-state index >= 15 is 0 Å². The van der Waals surface area contributed by atoms with E-state index in [1.54, 1.807) is 4.57 Å². The first-order valence-corrected chi connectivity index (χ1v) is 15.3. The van der Waals surface area contributed by atoms with Gasteiger partial charge in [-0.3, -0.25) is 0 Å². The fraction of sp³-hybridized carbons (Fsp3) is 0.0233. The SMILES string of the molecule is [2H]c1c([2H])c(-n2c3ccc(-n4c5ccccc5c5ccccc54)cc3c3cc(-n4c5ccccc5c5ccccc54)ccc32)c([2H])c(C([2H])([2H])[2H])c1[2H]. The molecule has 0 amide bonds. The Labute approximate surface area is 275 Å². The lowest BCUT2D eigenvalue weighted by atomic mass is 10.1. The van der Waals surface area contributed by atoms with Crippen LogP contribution in [0.5, 0.6) is 0 Å². The molecule has 216 valence electrons. The molecule has 10 rings (SSSR count). The van der Waals surface area contributed by atoms with E-state index in [4.69, 9.17) is 9.60 Å². The molecular weight excluding hydrogens is 558 g/mol. The molecule has 0 saturated carbocycles. The monoisotopic (exact) mass is 594 g/mol. The Kier molecular flexibility index (Phi) is 3.98. The van der Waals surface area contributed by atoms with E-state index in [0.29, 0.717) is 11.0 Å². The molecule has 3 heteroatoms. The first-order chi connectivity index (χ1) is 25.6. The third-order valence-corrected chi connectivity index (χ3v) is 9.24. The second-order valence-electron chi connectivity index (χ2n) is 11.7. The van der Waals surface area contributed by atoms with E-state index in [2.05, 4.69) is 69.8 Å². The average molecular weight is 595 g/mol. The molecule has 0 radical (unpaired) electrons. The third kappa shape index (κ3) is 3.48. The molecule has 0 aliphatic carbocycles. The summed E-state index contributed by atoms with van der Waals surface area (Å²) in [6.07, 6.45) is 0. The predicted molar refractivity (Wildman–Crippen MR) is 194 cm³/mol. The van der Waals surface area contributed by atoms with Gasteiger partial charge in [0.25, 0.3) is 0 Å². The summed E-state index contributed by atoms with van der Waals surface area (Å²) >= 11 is 0. The van der Waals surface area contributed by atoms with E-state index in [1.807, 2.05) is 72.8 Å². The molecular formula is C43H29N3. The van der Waals surface area contributed by atoms with Crippen molar-refractivity contribution in [2.45, 2.75) is 6.85 Å². The third-order valence-electron chi connectivity index (χ3n) is 9.24. The van der Waals surface area contributed by atoms with Gasteiger partial charge in [0.15, 0.2) is 0 Å². The van der Waals surface area contributed by atoms with Gasteiger partial charge < -0.3 is 13.7 Å². The van der Waals surface area contributed by atoms with Crippen molar-refractivity contribution in [1.29, 1.82) is 0 Å². The van der Waals surface area contributed by atoms with Crippen LogP contribution in [0.25, 0.3) is 82.5 Å². The Hall–Kier alpha value is -6.06. The Bertz CT molecular complexity index is 2890. The topological polar surface area (TPSA) is 14.8 Å². The van der Waals surface area contributed by atoms with Gasteiger partial charge in [-0.25, -0.2) is 0 Å². The first kappa shape index (κ1) is 19.4. The van der Waals surface area contributed by atoms with Crippen LogP contribution in [-0.4, -0.2) is 13.7 Å². The maximum atomic E-state index is 9.17. The molecule has 0 unspecified atom stereocenters. The number of benzene rings is 7. The summed E-state index contributed by atoms with van der Waals surface area (Å²) in [7, 11) is 0. The Balaban J connectivity index is 1.34. The number of nitrogens with zero attached hydrogens (tertiary/aromatic N) is 3. The van der Waals surface area contributed by atoms with Crippen LogP contribution in [0.1, 0.15) is 15.2 Å². The van der Waals surface area contributed by atoms with Gasteiger partial charge in [0.2, 0.25) is 0 Å². The van der Waals surface area contributed by atoms with Crippen LogP contribution in [0.2, 0.25) is 0 Å². The van der Waals surface area contributed by atoms with Crippen molar-refractivity contribution in [3.8, 4) is 17.1 Å². The van der Waals surface area contributed by atoms with Gasteiger partial charge in [-0.05, 0) is 85.2 Å². The van der Waals surface area contributed by atoms with E-state index in [1.165, 1.54) is 0 Å². The van der Waals surface area contributed by atoms with Gasteiger partial charge in [-0.2, -0.15) is 0 Å². The quantitative estimate of drug-likeness (QED) is 0.193. The minimum absolute atomic E-state index is 0.0358. The van der Waals surface area contributed by atoms with Crippen molar-refractivity contribution in [3.05, 3.63) is 163 Å². The maximum absolute atomic E-state index is 9.17. The average Bonchev–Trinajstić information content (AvgIpc) is 3.79. The van der Waals surface area contributed by atoms with Crippen molar-refractivity contribution < 1.29 is 9.60 Å². The number of aromatic nitrogens is 3. The van der Waals surface area contributed by atoms with Crippen molar-refractivity contribution in [2.24, 2.45) is 0 Å². The zero-order chi connectivity index (χ0) is 36.3. The number of para-hydroxylation sites is 4. The first-order valence-electron chi connectivity index (χ1n) is 18.8. The van der Waals surface area contributed by atoms with Gasteiger partial charge in [-0.1, -0.05) is 84.9 Å². The smallest absolute Gasteiger partial charge is 0.0648 e. The molecule has 0 aliphatic heterocycles. The largest absolute Gasteiger partial charge is 0.309 e. The van der Waals surface area contributed by atoms with Crippen LogP contribution in [0, 0.1) is 6.85 Å². The minimum Gasteiger partial charge on any atom is -0.309 e. The molecule has 0 spiro atoms. The van der Waals surface area contributed by atoms with Gasteiger partial charge in [-0.15, -0.1) is 0 Å². The van der Waals surface area contributed by atoms with Crippen LogP contribution in [0.15, 0.2) is 158 Å². The fourth-order valence-electron chi connectivity index (χ4n) is 7.37. The van der Waals surface area contributed by atoms with E-state index in [0.717, 1.165) is 65.8 Å². The zero-order valence-electron chi connectivity index (χ0n) is 31.5. The Morgan fingerprint density at radius 3 is 1.24 bits per heavy atom. The summed E-state index contributed by atoms with van der Waals surface area (Å²) in [6.45, 7) is -2.82. The van der Waals surface area contributed by atoms with Crippen LogP contribution in [-0.2, 0) is 0 Å². The summed E-state index contributed by atoms with van der Waals surface area (Å²) in [5.41, 5.74) is 6.78. The normalized spacial score (nSPS) is 14.5. The molecule has 3 aromatic heterocycles. The minimum atomic E-state index is -2.82. The zero-order valence-corrected chi connectivity index (χ0v) is 24.5. The lowest BCUT2D eigenvalue weighted by Crippen LogP contribution is -1.96. The van der Waals surface area contributed by atoms with E-state index < -0.39 is 30.5 Å². The van der Waals surface area contributed by atoms with Gasteiger partial charge in [0.05, 0.1) is 38.6 Å². The molecule has 3 nitrogen and oxygen atoms in total. The van der Waals surface area contributed by atoms with E-state index in [-0.39, 0.29) is 11.7 Å². The Morgan fingerprint density at radius 1 is 0.413 bits per heavy atom. The number of hydrogen-bond acceptors (Lipinski definition) is 0. The van der Waals surface area contributed by atoms with Crippen molar-refractivity contribution >= 4 is 65.4 Å². The highest BCUT2D eigenvalue weighted by molar-refractivity contribution is 6.14. The fourth-order valence-corrected chi connectivity index (χ4v) is 7.37. The number of rotatable bonds is 3. The van der Waals surface area contributed by atoms with Crippen molar-refractivity contribution in [3.63, 3.8) is 0 Å². The van der Waals surface area contributed by atoms with Crippen LogP contribution >= 0.6 is 0 Å². The molecule has 0 bridgehead atoms.